The van der Waals surface area contributed by atoms with E-state index in [0.717, 1.165) is 12.1 Å². The van der Waals surface area contributed by atoms with E-state index in [1.165, 1.54) is 6.07 Å². The average Bonchev–Trinajstić information content (AvgIpc) is 2.38. The van der Waals surface area contributed by atoms with Crippen LogP contribution in [0.1, 0.15) is 23.7 Å². The predicted octanol–water partition coefficient (Wildman–Crippen LogP) is 1.89. The quantitative estimate of drug-likeness (QED) is 0.466. The number of ether oxygens (including phenoxy) is 1. The van der Waals surface area contributed by atoms with E-state index in [4.69, 9.17) is 4.74 Å². The summed E-state index contributed by atoms with van der Waals surface area (Å²) in [6.45, 7) is 3.40. The van der Waals surface area contributed by atoms with Crippen LogP contribution < -0.4 is 5.32 Å². The van der Waals surface area contributed by atoms with Crippen LogP contribution in [0.5, 0.6) is 0 Å². The molecule has 0 bridgehead atoms. The highest BCUT2D eigenvalue weighted by atomic mass is 19.1. The molecule has 19 heavy (non-hydrogen) atoms. The van der Waals surface area contributed by atoms with E-state index in [0.29, 0.717) is 26.2 Å². The van der Waals surface area contributed by atoms with Crippen molar-refractivity contribution in [2.45, 2.75) is 13.3 Å². The number of nitrogens with one attached hydrogen (secondary N) is 1. The van der Waals surface area contributed by atoms with Gasteiger partial charge in [0.2, 0.25) is 5.82 Å². The molecule has 0 saturated heterocycles. The van der Waals surface area contributed by atoms with E-state index in [1.807, 2.05) is 6.92 Å². The van der Waals surface area contributed by atoms with E-state index in [9.17, 15) is 19.3 Å². The number of carbonyl (C=O) groups excluding carboxylic acids is 1. The first-order chi connectivity index (χ1) is 9.06. The minimum absolute atomic E-state index is 0.0597. The van der Waals surface area contributed by atoms with Crippen molar-refractivity contribution in [3.8, 4) is 0 Å². The lowest BCUT2D eigenvalue weighted by Crippen LogP contribution is -2.25. The second kappa shape index (κ2) is 7.42. The van der Waals surface area contributed by atoms with Gasteiger partial charge >= 0.3 is 5.69 Å². The maximum atomic E-state index is 13.1. The van der Waals surface area contributed by atoms with Crippen LogP contribution in [-0.2, 0) is 4.74 Å². The number of carbonyl (C=O) groups is 1. The fraction of sp³-hybridized carbons (Fsp3) is 0.417. The second-order valence-electron chi connectivity index (χ2n) is 3.73. The molecule has 7 heteroatoms. The normalized spacial score (nSPS) is 10.2. The lowest BCUT2D eigenvalue weighted by atomic mass is 10.2. The Morgan fingerprint density at radius 2 is 2.26 bits per heavy atom. The summed E-state index contributed by atoms with van der Waals surface area (Å²) in [4.78, 5) is 21.4. The lowest BCUT2D eigenvalue weighted by molar-refractivity contribution is -0.387. The van der Waals surface area contributed by atoms with Gasteiger partial charge in [-0.2, -0.15) is 4.39 Å². The van der Waals surface area contributed by atoms with Crippen molar-refractivity contribution < 1.29 is 18.8 Å². The van der Waals surface area contributed by atoms with Crippen molar-refractivity contribution in [3.63, 3.8) is 0 Å². The molecule has 104 valence electrons. The number of rotatable bonds is 7. The summed E-state index contributed by atoms with van der Waals surface area (Å²) in [6, 6.07) is 3.04. The molecule has 0 aliphatic heterocycles. The van der Waals surface area contributed by atoms with Crippen molar-refractivity contribution in [3.05, 3.63) is 39.7 Å². The van der Waals surface area contributed by atoms with Crippen LogP contribution in [0.2, 0.25) is 0 Å². The molecule has 1 N–H and O–H groups in total. The molecule has 0 aromatic heterocycles. The Balaban J connectivity index is 2.57. The maximum Gasteiger partial charge on any atom is 0.305 e. The molecule has 0 aliphatic carbocycles. The smallest absolute Gasteiger partial charge is 0.305 e. The molecule has 0 radical (unpaired) electrons. The summed E-state index contributed by atoms with van der Waals surface area (Å²) < 4.78 is 18.2. The van der Waals surface area contributed by atoms with E-state index < -0.39 is 22.3 Å². The van der Waals surface area contributed by atoms with Crippen LogP contribution in [0.25, 0.3) is 0 Å². The fourth-order valence-electron chi connectivity index (χ4n) is 1.42. The van der Waals surface area contributed by atoms with E-state index in [1.54, 1.807) is 0 Å². The van der Waals surface area contributed by atoms with Crippen molar-refractivity contribution in [2.24, 2.45) is 0 Å². The summed E-state index contributed by atoms with van der Waals surface area (Å²) in [5, 5.41) is 13.1. The van der Waals surface area contributed by atoms with Gasteiger partial charge in [-0.05, 0) is 25.5 Å². The number of nitro benzene ring substituents is 1. The third-order valence-corrected chi connectivity index (χ3v) is 2.36. The summed E-state index contributed by atoms with van der Waals surface area (Å²) in [5.74, 6) is -1.43. The Bertz CT molecular complexity index is 465. The minimum atomic E-state index is -0.960. The number of hydrogen-bond donors (Lipinski definition) is 1. The summed E-state index contributed by atoms with van der Waals surface area (Å²) in [5.41, 5.74) is -0.647. The first-order valence-corrected chi connectivity index (χ1v) is 5.86. The van der Waals surface area contributed by atoms with Crippen LogP contribution in [-0.4, -0.2) is 30.6 Å². The van der Waals surface area contributed by atoms with Gasteiger partial charge < -0.3 is 10.1 Å². The first-order valence-electron chi connectivity index (χ1n) is 5.86. The standard InChI is InChI=1S/C12H15FN2O4/c1-2-19-7-3-6-14-12(16)9-4-5-10(13)11(8-9)15(17)18/h4-5,8H,2-3,6-7H2,1H3,(H,14,16). The zero-order valence-electron chi connectivity index (χ0n) is 10.5. The van der Waals surface area contributed by atoms with Crippen LogP contribution in [0.4, 0.5) is 10.1 Å². The molecule has 0 spiro atoms. The Hall–Kier alpha value is -2.02. The molecule has 0 saturated carbocycles. The third-order valence-electron chi connectivity index (χ3n) is 2.36. The van der Waals surface area contributed by atoms with Gasteiger partial charge in [-0.15, -0.1) is 0 Å². The average molecular weight is 270 g/mol. The molecular formula is C12H15FN2O4. The number of nitrogens with zero attached hydrogens (tertiary/aromatic N) is 1. The highest BCUT2D eigenvalue weighted by Gasteiger charge is 2.17. The molecule has 1 rings (SSSR count). The second-order valence-corrected chi connectivity index (χ2v) is 3.73. The number of benzene rings is 1. The van der Waals surface area contributed by atoms with Crippen LogP contribution >= 0.6 is 0 Å². The van der Waals surface area contributed by atoms with Crippen molar-refractivity contribution >= 4 is 11.6 Å². The van der Waals surface area contributed by atoms with Gasteiger partial charge in [0.1, 0.15) is 0 Å². The van der Waals surface area contributed by atoms with Gasteiger partial charge in [0, 0.05) is 31.4 Å². The van der Waals surface area contributed by atoms with Crippen molar-refractivity contribution in [2.75, 3.05) is 19.8 Å². The molecule has 0 fully saturated rings. The van der Waals surface area contributed by atoms with Gasteiger partial charge in [0.05, 0.1) is 4.92 Å². The van der Waals surface area contributed by atoms with Gasteiger partial charge in [0.15, 0.2) is 0 Å². The molecule has 1 aromatic rings. The molecule has 0 atom stereocenters. The minimum Gasteiger partial charge on any atom is -0.382 e. The predicted molar refractivity (Wildman–Crippen MR) is 66.5 cm³/mol. The lowest BCUT2D eigenvalue weighted by Gasteiger charge is -2.05. The highest BCUT2D eigenvalue weighted by molar-refractivity contribution is 5.94. The van der Waals surface area contributed by atoms with Crippen LogP contribution in [0.15, 0.2) is 18.2 Å². The summed E-state index contributed by atoms with van der Waals surface area (Å²) in [7, 11) is 0. The summed E-state index contributed by atoms with van der Waals surface area (Å²) >= 11 is 0. The fourth-order valence-corrected chi connectivity index (χ4v) is 1.42. The number of amides is 1. The Labute approximate surface area is 109 Å². The summed E-state index contributed by atoms with van der Waals surface area (Å²) in [6.07, 6.45) is 0.642. The maximum absolute atomic E-state index is 13.1. The SMILES string of the molecule is CCOCCCNC(=O)c1ccc(F)c([N+](=O)[O-])c1. The molecule has 6 nitrogen and oxygen atoms in total. The molecular weight excluding hydrogens is 255 g/mol. The monoisotopic (exact) mass is 270 g/mol. The van der Waals surface area contributed by atoms with Gasteiger partial charge in [-0.3, -0.25) is 14.9 Å². The Morgan fingerprint density at radius 3 is 2.89 bits per heavy atom. The van der Waals surface area contributed by atoms with Crippen LogP contribution in [0, 0.1) is 15.9 Å². The molecule has 1 aromatic carbocycles. The van der Waals surface area contributed by atoms with E-state index in [-0.39, 0.29) is 5.56 Å². The highest BCUT2D eigenvalue weighted by Crippen LogP contribution is 2.18. The molecule has 0 aliphatic rings. The Kier molecular flexibility index (Phi) is 5.87. The zero-order chi connectivity index (χ0) is 14.3. The van der Waals surface area contributed by atoms with Crippen molar-refractivity contribution in [1.29, 1.82) is 0 Å². The van der Waals surface area contributed by atoms with Gasteiger partial charge in [0.25, 0.3) is 5.91 Å². The largest absolute Gasteiger partial charge is 0.382 e. The number of hydrogen-bond acceptors (Lipinski definition) is 4. The molecule has 0 unspecified atom stereocenters. The van der Waals surface area contributed by atoms with Crippen LogP contribution in [0.3, 0.4) is 0 Å². The van der Waals surface area contributed by atoms with E-state index >= 15 is 0 Å². The topological polar surface area (TPSA) is 81.5 Å². The van der Waals surface area contributed by atoms with E-state index in [2.05, 4.69) is 5.32 Å². The molecule has 0 heterocycles. The number of halogens is 1. The van der Waals surface area contributed by atoms with Gasteiger partial charge in [-0.1, -0.05) is 0 Å². The third kappa shape index (κ3) is 4.63. The van der Waals surface area contributed by atoms with Gasteiger partial charge in [-0.25, -0.2) is 0 Å². The molecule has 1 amide bonds. The zero-order valence-corrected chi connectivity index (χ0v) is 10.5. The number of nitro groups is 1. The van der Waals surface area contributed by atoms with Crippen molar-refractivity contribution in [1.82, 2.24) is 5.32 Å². The Morgan fingerprint density at radius 1 is 1.53 bits per heavy atom. The first kappa shape index (κ1) is 15.0.